The highest BCUT2D eigenvalue weighted by molar-refractivity contribution is 7.89. The van der Waals surface area contributed by atoms with Gasteiger partial charge in [0.05, 0.1) is 11.5 Å². The Morgan fingerprint density at radius 2 is 1.74 bits per heavy atom. The number of amides is 2. The summed E-state index contributed by atoms with van der Waals surface area (Å²) in [5.41, 5.74) is 5.75. The summed E-state index contributed by atoms with van der Waals surface area (Å²) in [5.74, 6) is -0.498. The molecule has 2 aromatic carbocycles. The molecule has 3 rings (SSSR count). The fourth-order valence-electron chi connectivity index (χ4n) is 2.90. The van der Waals surface area contributed by atoms with E-state index in [9.17, 15) is 18.0 Å². The second-order valence-electron chi connectivity index (χ2n) is 6.61. The second-order valence-corrected chi connectivity index (χ2v) is 8.37. The van der Waals surface area contributed by atoms with Gasteiger partial charge in [-0.1, -0.05) is 18.2 Å². The van der Waals surface area contributed by atoms with Crippen molar-refractivity contribution in [2.45, 2.75) is 25.2 Å². The lowest BCUT2D eigenvalue weighted by Crippen LogP contribution is -2.42. The van der Waals surface area contributed by atoms with Crippen molar-refractivity contribution < 1.29 is 27.2 Å². The fourth-order valence-corrected chi connectivity index (χ4v) is 3.93. The molecule has 0 bridgehead atoms. The van der Waals surface area contributed by atoms with Crippen molar-refractivity contribution >= 4 is 32.8 Å². The van der Waals surface area contributed by atoms with Crippen molar-refractivity contribution in [3.8, 4) is 5.75 Å². The van der Waals surface area contributed by atoms with Crippen molar-refractivity contribution in [3.63, 3.8) is 0 Å². The molecule has 0 spiro atoms. The number of carbonyl (C=O) groups is 2. The van der Waals surface area contributed by atoms with E-state index in [4.69, 9.17) is 9.15 Å². The molecule has 10 heteroatoms. The van der Waals surface area contributed by atoms with E-state index >= 15 is 0 Å². The normalized spacial score (nSPS) is 11.3. The van der Waals surface area contributed by atoms with E-state index in [1.54, 1.807) is 31.2 Å². The van der Waals surface area contributed by atoms with E-state index in [0.29, 0.717) is 23.5 Å². The zero-order valence-corrected chi connectivity index (χ0v) is 17.9. The van der Waals surface area contributed by atoms with Gasteiger partial charge < -0.3 is 9.15 Å². The van der Waals surface area contributed by atoms with Gasteiger partial charge in [-0.3, -0.25) is 20.4 Å². The van der Waals surface area contributed by atoms with Gasteiger partial charge in [0, 0.05) is 23.9 Å². The Labute approximate surface area is 179 Å². The van der Waals surface area contributed by atoms with Crippen LogP contribution in [0.4, 0.5) is 0 Å². The van der Waals surface area contributed by atoms with Crippen LogP contribution in [0.15, 0.2) is 57.8 Å². The van der Waals surface area contributed by atoms with Gasteiger partial charge in [-0.15, -0.1) is 0 Å². The summed E-state index contributed by atoms with van der Waals surface area (Å²) < 4.78 is 37.7. The van der Waals surface area contributed by atoms with Crippen LogP contribution in [0.25, 0.3) is 11.0 Å². The van der Waals surface area contributed by atoms with E-state index in [1.807, 2.05) is 19.1 Å². The van der Waals surface area contributed by atoms with Crippen LogP contribution in [0.1, 0.15) is 29.5 Å². The molecule has 0 unspecified atom stereocenters. The van der Waals surface area contributed by atoms with Crippen LogP contribution in [0.3, 0.4) is 0 Å². The van der Waals surface area contributed by atoms with Gasteiger partial charge >= 0.3 is 5.91 Å². The van der Waals surface area contributed by atoms with Crippen molar-refractivity contribution in [2.24, 2.45) is 0 Å². The molecule has 0 atom stereocenters. The smallest absolute Gasteiger partial charge is 0.305 e. The Balaban J connectivity index is 1.48. The van der Waals surface area contributed by atoms with Crippen LogP contribution >= 0.6 is 0 Å². The monoisotopic (exact) mass is 445 g/mol. The van der Waals surface area contributed by atoms with Crippen molar-refractivity contribution in [1.82, 2.24) is 15.6 Å². The summed E-state index contributed by atoms with van der Waals surface area (Å²) in [5, 5.41) is 0.808. The Kier molecular flexibility index (Phi) is 6.93. The molecule has 1 aromatic heterocycles. The highest BCUT2D eigenvalue weighted by Crippen LogP contribution is 2.24. The number of benzene rings is 2. The number of fused-ring (bicyclic) bond motifs is 1. The number of nitrogens with one attached hydrogen (secondary N) is 3. The molecule has 1 heterocycles. The highest BCUT2D eigenvalue weighted by Gasteiger charge is 2.18. The summed E-state index contributed by atoms with van der Waals surface area (Å²) in [6.07, 6.45) is -0.171. The molecular formula is C21H23N3O6S. The summed E-state index contributed by atoms with van der Waals surface area (Å²) in [7, 11) is -3.77. The lowest BCUT2D eigenvalue weighted by molar-refractivity contribution is -0.121. The molecule has 3 N–H and O–H groups in total. The Hall–Kier alpha value is -3.37. The molecule has 0 radical (unpaired) electrons. The molecule has 2 amide bonds. The van der Waals surface area contributed by atoms with Gasteiger partial charge in [0.1, 0.15) is 11.3 Å². The van der Waals surface area contributed by atoms with Gasteiger partial charge in [0.2, 0.25) is 15.9 Å². The van der Waals surface area contributed by atoms with Crippen molar-refractivity contribution in [2.75, 3.05) is 13.2 Å². The van der Waals surface area contributed by atoms with Crippen LogP contribution in [-0.2, 0) is 14.8 Å². The first-order chi connectivity index (χ1) is 14.8. The third kappa shape index (κ3) is 5.41. The molecular weight excluding hydrogens is 422 g/mol. The van der Waals surface area contributed by atoms with Gasteiger partial charge in [0.25, 0.3) is 0 Å². The van der Waals surface area contributed by atoms with E-state index in [2.05, 4.69) is 15.6 Å². The number of para-hydroxylation sites is 1. The lowest BCUT2D eigenvalue weighted by Gasteiger charge is -2.09. The maximum absolute atomic E-state index is 12.3. The molecule has 0 saturated heterocycles. The number of sulfonamides is 1. The van der Waals surface area contributed by atoms with E-state index in [0.717, 1.165) is 5.39 Å². The predicted octanol–water partition coefficient (Wildman–Crippen LogP) is 2.27. The number of hydrazine groups is 1. The molecule has 0 aliphatic rings. The van der Waals surface area contributed by atoms with Gasteiger partial charge in [-0.25, -0.2) is 13.1 Å². The average molecular weight is 445 g/mol. The third-order valence-corrected chi connectivity index (χ3v) is 5.93. The molecule has 0 fully saturated rings. The Morgan fingerprint density at radius 1 is 1.03 bits per heavy atom. The largest absolute Gasteiger partial charge is 0.494 e. The maximum Gasteiger partial charge on any atom is 0.305 e. The molecule has 0 aliphatic heterocycles. The summed E-state index contributed by atoms with van der Waals surface area (Å²) in [4.78, 5) is 24.3. The first-order valence-corrected chi connectivity index (χ1v) is 11.1. The number of furan rings is 1. The number of ether oxygens (including phenoxy) is 1. The van der Waals surface area contributed by atoms with Crippen molar-refractivity contribution in [1.29, 1.82) is 0 Å². The topological polar surface area (TPSA) is 127 Å². The molecule has 0 aliphatic carbocycles. The Morgan fingerprint density at radius 3 is 2.42 bits per heavy atom. The molecule has 31 heavy (non-hydrogen) atoms. The SMILES string of the molecule is CCOc1ccc(S(=O)(=O)NCCC(=O)NNC(=O)c2oc3ccccc3c2C)cc1. The third-order valence-electron chi connectivity index (χ3n) is 4.45. The quantitative estimate of drug-likeness (QED) is 0.457. The maximum atomic E-state index is 12.3. The zero-order valence-electron chi connectivity index (χ0n) is 17.1. The first-order valence-electron chi connectivity index (χ1n) is 9.61. The molecule has 9 nitrogen and oxygen atoms in total. The average Bonchev–Trinajstić information content (AvgIpc) is 3.09. The lowest BCUT2D eigenvalue weighted by atomic mass is 10.1. The Bertz CT molecular complexity index is 1190. The minimum atomic E-state index is -3.77. The molecule has 3 aromatic rings. The van der Waals surface area contributed by atoms with E-state index in [-0.39, 0.29) is 23.6 Å². The summed E-state index contributed by atoms with van der Waals surface area (Å²) in [6.45, 7) is 3.92. The van der Waals surface area contributed by atoms with Crippen LogP contribution in [0, 0.1) is 6.92 Å². The standard InChI is InChI=1S/C21H23N3O6S/c1-3-29-15-8-10-16(11-9-15)31(27,28)22-13-12-19(25)23-24-21(26)20-14(2)17-6-4-5-7-18(17)30-20/h4-11,22H,3,12-13H2,1-2H3,(H,23,25)(H,24,26). The van der Waals surface area contributed by atoms with Crippen LogP contribution in [0.2, 0.25) is 0 Å². The van der Waals surface area contributed by atoms with Crippen LogP contribution in [-0.4, -0.2) is 33.4 Å². The fraction of sp³-hybridized carbons (Fsp3) is 0.238. The van der Waals surface area contributed by atoms with Crippen molar-refractivity contribution in [3.05, 3.63) is 59.9 Å². The highest BCUT2D eigenvalue weighted by atomic mass is 32.2. The first kappa shape index (κ1) is 22.3. The number of hydrogen-bond acceptors (Lipinski definition) is 6. The number of aryl methyl sites for hydroxylation is 1. The van der Waals surface area contributed by atoms with Crippen LogP contribution < -0.4 is 20.3 Å². The summed E-state index contributed by atoms with van der Waals surface area (Å²) in [6, 6.07) is 13.2. The summed E-state index contributed by atoms with van der Waals surface area (Å²) >= 11 is 0. The molecule has 0 saturated carbocycles. The van der Waals surface area contributed by atoms with E-state index in [1.165, 1.54) is 12.1 Å². The second kappa shape index (κ2) is 9.63. The minimum absolute atomic E-state index is 0.0602. The predicted molar refractivity (Wildman–Crippen MR) is 114 cm³/mol. The van der Waals surface area contributed by atoms with Gasteiger partial charge in [0.15, 0.2) is 5.76 Å². The number of rotatable bonds is 8. The number of hydrogen-bond donors (Lipinski definition) is 3. The van der Waals surface area contributed by atoms with Gasteiger partial charge in [-0.05, 0) is 44.2 Å². The van der Waals surface area contributed by atoms with Crippen LogP contribution in [0.5, 0.6) is 5.75 Å². The molecule has 164 valence electrons. The minimum Gasteiger partial charge on any atom is -0.494 e. The van der Waals surface area contributed by atoms with E-state index < -0.39 is 21.8 Å². The zero-order chi connectivity index (χ0) is 22.4. The van der Waals surface area contributed by atoms with Gasteiger partial charge in [-0.2, -0.15) is 0 Å². The number of carbonyl (C=O) groups excluding carboxylic acids is 2.